The first-order valence-corrected chi connectivity index (χ1v) is 5.18. The van der Waals surface area contributed by atoms with E-state index in [1.807, 2.05) is 35.2 Å². The molecule has 1 aromatic rings. The number of hydrogen-bond donors (Lipinski definition) is 1. The molecule has 0 radical (unpaired) electrons. The Morgan fingerprint density at radius 2 is 2.06 bits per heavy atom. The number of Topliss-reactive ketones (excluding diaryl/α,β-unsaturated/α-hetero) is 1. The van der Waals surface area contributed by atoms with Gasteiger partial charge in [-0.05, 0) is 5.56 Å². The molecule has 0 amide bonds. The van der Waals surface area contributed by atoms with E-state index < -0.39 is 11.9 Å². The Balaban J connectivity index is 1.99. The van der Waals surface area contributed by atoms with E-state index in [9.17, 15) is 9.59 Å². The van der Waals surface area contributed by atoms with Gasteiger partial charge in [0.05, 0.1) is 6.54 Å². The molecule has 1 saturated heterocycles. The second kappa shape index (κ2) is 4.45. The maximum atomic E-state index is 11.4. The van der Waals surface area contributed by atoms with Crippen molar-refractivity contribution in [3.05, 3.63) is 35.9 Å². The van der Waals surface area contributed by atoms with Crippen molar-refractivity contribution in [3.63, 3.8) is 0 Å². The predicted molar refractivity (Wildman–Crippen MR) is 57.9 cm³/mol. The fourth-order valence-electron chi connectivity index (χ4n) is 1.93. The summed E-state index contributed by atoms with van der Waals surface area (Å²) in [5.74, 6) is -2.05. The number of carbonyl (C=O) groups is 2. The normalized spacial score (nSPS) is 21.2. The Hall–Kier alpha value is -1.68. The molecule has 0 unspecified atom stereocenters. The molecular formula is C12H13NO3. The van der Waals surface area contributed by atoms with Crippen LogP contribution in [0.3, 0.4) is 0 Å². The van der Waals surface area contributed by atoms with Gasteiger partial charge in [0.25, 0.3) is 0 Å². The number of likely N-dealkylation sites (tertiary alicyclic amines) is 1. The van der Waals surface area contributed by atoms with Gasteiger partial charge in [0.15, 0.2) is 5.78 Å². The lowest BCUT2D eigenvalue weighted by molar-refractivity contribution is -0.144. The number of rotatable bonds is 3. The molecule has 1 heterocycles. The third-order valence-electron chi connectivity index (χ3n) is 2.76. The SMILES string of the molecule is O=C(O)[C@H]1CN(Cc2ccccc2)CC1=O. The summed E-state index contributed by atoms with van der Waals surface area (Å²) in [5.41, 5.74) is 1.10. The molecule has 16 heavy (non-hydrogen) atoms. The highest BCUT2D eigenvalue weighted by atomic mass is 16.4. The summed E-state index contributed by atoms with van der Waals surface area (Å²) in [4.78, 5) is 24.0. The minimum absolute atomic E-state index is 0.191. The van der Waals surface area contributed by atoms with Crippen molar-refractivity contribution in [3.8, 4) is 0 Å². The molecule has 4 nitrogen and oxygen atoms in total. The van der Waals surface area contributed by atoms with Crippen molar-refractivity contribution in [2.24, 2.45) is 5.92 Å². The van der Waals surface area contributed by atoms with Crippen LogP contribution in [0.5, 0.6) is 0 Å². The van der Waals surface area contributed by atoms with Crippen LogP contribution in [-0.4, -0.2) is 34.8 Å². The van der Waals surface area contributed by atoms with Crippen molar-refractivity contribution < 1.29 is 14.7 Å². The first-order chi connectivity index (χ1) is 7.66. The molecular weight excluding hydrogens is 206 g/mol. The lowest BCUT2D eigenvalue weighted by atomic mass is 10.1. The maximum Gasteiger partial charge on any atom is 0.315 e. The summed E-state index contributed by atoms with van der Waals surface area (Å²) in [6.07, 6.45) is 0. The summed E-state index contributed by atoms with van der Waals surface area (Å²) in [6.45, 7) is 1.20. The van der Waals surface area contributed by atoms with E-state index in [-0.39, 0.29) is 12.3 Å². The average molecular weight is 219 g/mol. The second-order valence-electron chi connectivity index (χ2n) is 4.01. The Morgan fingerprint density at radius 1 is 1.38 bits per heavy atom. The number of carbonyl (C=O) groups excluding carboxylic acids is 1. The minimum atomic E-state index is -1.01. The molecule has 1 N–H and O–H groups in total. The van der Waals surface area contributed by atoms with Crippen LogP contribution in [0.15, 0.2) is 30.3 Å². The Morgan fingerprint density at radius 3 is 2.62 bits per heavy atom. The van der Waals surface area contributed by atoms with Crippen LogP contribution in [0, 0.1) is 5.92 Å². The van der Waals surface area contributed by atoms with Gasteiger partial charge in [0.1, 0.15) is 5.92 Å². The van der Waals surface area contributed by atoms with Gasteiger partial charge >= 0.3 is 5.97 Å². The fourth-order valence-corrected chi connectivity index (χ4v) is 1.93. The average Bonchev–Trinajstić information content (AvgIpc) is 2.61. The summed E-state index contributed by atoms with van der Waals surface area (Å²) in [6, 6.07) is 9.74. The van der Waals surface area contributed by atoms with E-state index in [4.69, 9.17) is 5.11 Å². The molecule has 0 aliphatic carbocycles. The minimum Gasteiger partial charge on any atom is -0.481 e. The van der Waals surface area contributed by atoms with Crippen molar-refractivity contribution in [2.75, 3.05) is 13.1 Å². The highest BCUT2D eigenvalue weighted by Crippen LogP contribution is 2.15. The zero-order chi connectivity index (χ0) is 11.5. The Kier molecular flexibility index (Phi) is 3.01. The van der Waals surface area contributed by atoms with Crippen molar-refractivity contribution in [2.45, 2.75) is 6.54 Å². The number of carboxylic acids is 1. The highest BCUT2D eigenvalue weighted by molar-refractivity contribution is 6.01. The van der Waals surface area contributed by atoms with Gasteiger partial charge in [0.2, 0.25) is 0 Å². The van der Waals surface area contributed by atoms with E-state index >= 15 is 0 Å². The summed E-state index contributed by atoms with van der Waals surface area (Å²) < 4.78 is 0. The maximum absolute atomic E-state index is 11.4. The molecule has 1 fully saturated rings. The van der Waals surface area contributed by atoms with E-state index in [0.29, 0.717) is 13.1 Å². The number of carboxylic acid groups (broad SMARTS) is 1. The standard InChI is InChI=1S/C12H13NO3/c14-11-8-13(7-10(11)12(15)16)6-9-4-2-1-3-5-9/h1-5,10H,6-8H2,(H,15,16)/t10-/m0/s1. The van der Waals surface area contributed by atoms with E-state index in [1.54, 1.807) is 0 Å². The van der Waals surface area contributed by atoms with E-state index in [0.717, 1.165) is 5.56 Å². The summed E-state index contributed by atoms with van der Waals surface area (Å²) in [7, 11) is 0. The molecule has 2 rings (SSSR count). The molecule has 0 saturated carbocycles. The van der Waals surface area contributed by atoms with Gasteiger partial charge in [-0.1, -0.05) is 30.3 Å². The van der Waals surface area contributed by atoms with Crippen molar-refractivity contribution >= 4 is 11.8 Å². The zero-order valence-corrected chi connectivity index (χ0v) is 8.80. The van der Waals surface area contributed by atoms with Crippen molar-refractivity contribution in [1.29, 1.82) is 0 Å². The summed E-state index contributed by atoms with van der Waals surface area (Å²) in [5, 5.41) is 8.82. The zero-order valence-electron chi connectivity index (χ0n) is 8.80. The van der Waals surface area contributed by atoms with E-state index in [1.165, 1.54) is 0 Å². The molecule has 0 spiro atoms. The molecule has 1 atom stereocenters. The third-order valence-corrected chi connectivity index (χ3v) is 2.76. The topological polar surface area (TPSA) is 57.6 Å². The number of nitrogens with zero attached hydrogens (tertiary/aromatic N) is 1. The quantitative estimate of drug-likeness (QED) is 0.763. The summed E-state index contributed by atoms with van der Waals surface area (Å²) >= 11 is 0. The van der Waals surface area contributed by atoms with Crippen LogP contribution in [0.4, 0.5) is 0 Å². The Bertz CT molecular complexity index is 402. The van der Waals surface area contributed by atoms with Crippen LogP contribution >= 0.6 is 0 Å². The molecule has 0 aromatic heterocycles. The molecule has 84 valence electrons. The molecule has 1 aliphatic heterocycles. The number of ketones is 1. The largest absolute Gasteiger partial charge is 0.481 e. The van der Waals surface area contributed by atoms with Crippen LogP contribution < -0.4 is 0 Å². The number of benzene rings is 1. The third kappa shape index (κ3) is 2.28. The van der Waals surface area contributed by atoms with Crippen LogP contribution in [-0.2, 0) is 16.1 Å². The second-order valence-corrected chi connectivity index (χ2v) is 4.01. The number of hydrogen-bond acceptors (Lipinski definition) is 3. The number of aliphatic carboxylic acids is 1. The van der Waals surface area contributed by atoms with Crippen LogP contribution in [0.2, 0.25) is 0 Å². The first-order valence-electron chi connectivity index (χ1n) is 5.18. The molecule has 0 bridgehead atoms. The monoisotopic (exact) mass is 219 g/mol. The van der Waals surface area contributed by atoms with Gasteiger partial charge in [-0.25, -0.2) is 0 Å². The van der Waals surface area contributed by atoms with Gasteiger partial charge in [-0.15, -0.1) is 0 Å². The van der Waals surface area contributed by atoms with E-state index in [2.05, 4.69) is 0 Å². The first kappa shape index (κ1) is 10.8. The molecule has 4 heteroatoms. The van der Waals surface area contributed by atoms with Crippen molar-refractivity contribution in [1.82, 2.24) is 4.90 Å². The van der Waals surface area contributed by atoms with Gasteiger partial charge in [0, 0.05) is 13.1 Å². The lowest BCUT2D eigenvalue weighted by Crippen LogP contribution is -2.23. The predicted octanol–water partition coefficient (Wildman–Crippen LogP) is 0.772. The highest BCUT2D eigenvalue weighted by Gasteiger charge is 2.35. The molecule has 1 aromatic carbocycles. The van der Waals surface area contributed by atoms with Crippen LogP contribution in [0.25, 0.3) is 0 Å². The van der Waals surface area contributed by atoms with Crippen LogP contribution in [0.1, 0.15) is 5.56 Å². The molecule has 1 aliphatic rings. The lowest BCUT2D eigenvalue weighted by Gasteiger charge is -2.13. The fraction of sp³-hybridized carbons (Fsp3) is 0.333. The van der Waals surface area contributed by atoms with Gasteiger partial charge in [-0.2, -0.15) is 0 Å². The van der Waals surface area contributed by atoms with Gasteiger partial charge in [-0.3, -0.25) is 14.5 Å². The van der Waals surface area contributed by atoms with Gasteiger partial charge < -0.3 is 5.11 Å². The smallest absolute Gasteiger partial charge is 0.315 e. The Labute approximate surface area is 93.5 Å².